The molecule has 0 aliphatic carbocycles. The minimum atomic E-state index is -8.55. The van der Waals surface area contributed by atoms with E-state index in [9.17, 15) is 80.6 Å². The van der Waals surface area contributed by atoms with E-state index in [1.807, 2.05) is 0 Å². The predicted octanol–water partition coefficient (Wildman–Crippen LogP) is 4.38. The van der Waals surface area contributed by atoms with Gasteiger partial charge in [0, 0.05) is 5.57 Å². The number of hydrogen-bond donors (Lipinski definition) is 1. The maximum Gasteiger partial charge on any atom is 0.460 e. The van der Waals surface area contributed by atoms with E-state index in [4.69, 9.17) is 0 Å². The molecule has 1 atom stereocenters. The quantitative estimate of drug-likeness (QED) is 0.233. The number of esters is 2. The first-order valence-corrected chi connectivity index (χ1v) is 8.16. The lowest BCUT2D eigenvalue weighted by Crippen LogP contribution is -2.73. The summed E-state index contributed by atoms with van der Waals surface area (Å²) in [6, 6.07) is 0. The van der Waals surface area contributed by atoms with Crippen molar-refractivity contribution in [1.82, 2.24) is 0 Å². The van der Waals surface area contributed by atoms with Crippen LogP contribution in [0.2, 0.25) is 0 Å². The fourth-order valence-corrected chi connectivity index (χ4v) is 1.70. The summed E-state index contributed by atoms with van der Waals surface area (Å²) in [4.78, 5) is 22.1. The van der Waals surface area contributed by atoms with E-state index in [-0.39, 0.29) is 5.57 Å². The molecule has 0 aliphatic rings. The topological polar surface area (TPSA) is 72.8 Å². The van der Waals surface area contributed by atoms with Gasteiger partial charge in [-0.05, 0) is 6.92 Å². The lowest BCUT2D eigenvalue weighted by atomic mass is 9.91. The molecule has 0 radical (unpaired) electrons. The highest BCUT2D eigenvalue weighted by atomic mass is 19.4. The average Bonchev–Trinajstić information content (AvgIpc) is 2.68. The molecule has 0 aliphatic heterocycles. The zero-order valence-corrected chi connectivity index (χ0v) is 16.4. The van der Waals surface area contributed by atoms with E-state index >= 15 is 0 Å². The Morgan fingerprint density at radius 1 is 0.686 bits per heavy atom. The van der Waals surface area contributed by atoms with Gasteiger partial charge in [0.15, 0.2) is 0 Å². The van der Waals surface area contributed by atoms with Crippen molar-refractivity contribution in [2.75, 3.05) is 13.2 Å². The second-order valence-electron chi connectivity index (χ2n) is 6.58. The van der Waals surface area contributed by atoms with Gasteiger partial charge in [0.05, 0.1) is 0 Å². The summed E-state index contributed by atoms with van der Waals surface area (Å²) in [5.74, 6) is -54.1. The summed E-state index contributed by atoms with van der Waals surface area (Å²) in [7, 11) is 0. The molecule has 0 heterocycles. The molecule has 1 N–H and O–H groups in total. The van der Waals surface area contributed by atoms with Crippen LogP contribution in [0.3, 0.4) is 0 Å². The van der Waals surface area contributed by atoms with Crippen LogP contribution in [0.25, 0.3) is 0 Å². The molecule has 0 amide bonds. The normalized spacial score (nSPS) is 15.5. The van der Waals surface area contributed by atoms with Crippen LogP contribution in [0.4, 0.5) is 65.9 Å². The van der Waals surface area contributed by atoms with Crippen LogP contribution >= 0.6 is 0 Å². The van der Waals surface area contributed by atoms with Gasteiger partial charge in [0.1, 0.15) is 19.3 Å². The summed E-state index contributed by atoms with van der Waals surface area (Å²) in [6.45, 7) is 0.946. The summed E-state index contributed by atoms with van der Waals surface area (Å²) < 4.78 is 202. The highest BCUT2D eigenvalue weighted by molar-refractivity contribution is 5.86. The van der Waals surface area contributed by atoms with E-state index in [2.05, 4.69) is 16.1 Å². The van der Waals surface area contributed by atoms with Gasteiger partial charge < -0.3 is 14.6 Å². The molecule has 0 saturated carbocycles. The molecule has 0 aromatic heterocycles. The van der Waals surface area contributed by atoms with Crippen molar-refractivity contribution >= 4 is 11.9 Å². The number of rotatable bonds is 11. The zero-order valence-electron chi connectivity index (χ0n) is 16.4. The van der Waals surface area contributed by atoms with Gasteiger partial charge in [-0.3, -0.25) is 0 Å². The molecule has 20 heteroatoms. The highest BCUT2D eigenvalue weighted by Crippen LogP contribution is 2.62. The molecular weight excluding hydrogens is 545 g/mol. The molecule has 0 rings (SSSR count). The van der Waals surface area contributed by atoms with Crippen LogP contribution in [0.1, 0.15) is 6.92 Å². The maximum absolute atomic E-state index is 13.5. The number of hydrogen-bond acceptors (Lipinski definition) is 5. The Balaban J connectivity index is 5.96. The first-order chi connectivity index (χ1) is 15.1. The standard InChI is InChI=1S/C15H11F15O5/c1-5(2)7(32)34-3-6(31)4-35-8(33)9(16,17)10(18,19)11(20,21)12(22,23)13(24,25)14(26,27)15(28,29)30/h6,31H,1,3-4H2,2H3. The Morgan fingerprint density at radius 2 is 1.03 bits per heavy atom. The number of carbonyl (C=O) groups excluding carboxylic acids is 2. The van der Waals surface area contributed by atoms with Crippen LogP contribution in [0.5, 0.6) is 0 Å². The number of aliphatic hydroxyl groups excluding tert-OH is 1. The fraction of sp³-hybridized carbons (Fsp3) is 0.733. The van der Waals surface area contributed by atoms with E-state index in [1.54, 1.807) is 0 Å². The lowest BCUT2D eigenvalue weighted by molar-refractivity contribution is -0.450. The minimum absolute atomic E-state index is 0.309. The zero-order chi connectivity index (χ0) is 28.6. The van der Waals surface area contributed by atoms with Crippen LogP contribution in [-0.2, 0) is 19.1 Å². The highest BCUT2D eigenvalue weighted by Gasteiger charge is 2.94. The van der Waals surface area contributed by atoms with E-state index in [1.165, 1.54) is 0 Å². The van der Waals surface area contributed by atoms with Crippen molar-refractivity contribution in [3.05, 3.63) is 12.2 Å². The van der Waals surface area contributed by atoms with Gasteiger partial charge >= 0.3 is 53.7 Å². The first kappa shape index (κ1) is 32.6. The smallest absolute Gasteiger partial charge is 0.459 e. The molecule has 0 fully saturated rings. The summed E-state index contributed by atoms with van der Waals surface area (Å²) in [5.41, 5.74) is -0.309. The van der Waals surface area contributed by atoms with Crippen molar-refractivity contribution in [3.63, 3.8) is 0 Å². The van der Waals surface area contributed by atoms with E-state index < -0.39 is 73.0 Å². The number of halogens is 15. The molecule has 0 spiro atoms. The van der Waals surface area contributed by atoms with Crippen LogP contribution < -0.4 is 0 Å². The molecule has 0 saturated heterocycles. The third kappa shape index (κ3) is 5.40. The van der Waals surface area contributed by atoms with Gasteiger partial charge in [-0.15, -0.1) is 0 Å². The molecule has 1 unspecified atom stereocenters. The van der Waals surface area contributed by atoms with E-state index in [0.29, 0.717) is 0 Å². The number of aliphatic hydroxyl groups is 1. The lowest BCUT2D eigenvalue weighted by Gasteiger charge is -2.40. The largest absolute Gasteiger partial charge is 0.460 e. The van der Waals surface area contributed by atoms with Gasteiger partial charge in [-0.25, -0.2) is 9.59 Å². The Morgan fingerprint density at radius 3 is 1.40 bits per heavy atom. The molecule has 0 aromatic rings. The number of ether oxygens (including phenoxy) is 2. The second-order valence-corrected chi connectivity index (χ2v) is 6.58. The van der Waals surface area contributed by atoms with Crippen molar-refractivity contribution < 1.29 is 90.0 Å². The monoisotopic (exact) mass is 556 g/mol. The SMILES string of the molecule is C=C(C)C(=O)OCC(O)COC(=O)C(F)(F)C(F)(F)C(F)(F)C(F)(F)C(F)(F)C(F)(F)C(F)(F)F. The van der Waals surface area contributed by atoms with Crippen LogP contribution in [0, 0.1) is 0 Å². The third-order valence-corrected chi connectivity index (χ3v) is 3.75. The molecule has 206 valence electrons. The van der Waals surface area contributed by atoms with Crippen molar-refractivity contribution in [3.8, 4) is 0 Å². The molecule has 0 bridgehead atoms. The van der Waals surface area contributed by atoms with Gasteiger partial charge in [-0.2, -0.15) is 65.9 Å². The Hall–Kier alpha value is -2.41. The van der Waals surface area contributed by atoms with Crippen molar-refractivity contribution in [1.29, 1.82) is 0 Å². The summed E-state index contributed by atoms with van der Waals surface area (Å²) >= 11 is 0. The molecule has 0 aromatic carbocycles. The predicted molar refractivity (Wildman–Crippen MR) is 78.5 cm³/mol. The second kappa shape index (κ2) is 9.57. The third-order valence-electron chi connectivity index (χ3n) is 3.75. The van der Waals surface area contributed by atoms with Crippen LogP contribution in [-0.4, -0.2) is 78.1 Å². The number of alkyl halides is 15. The van der Waals surface area contributed by atoms with Gasteiger partial charge in [0.25, 0.3) is 0 Å². The van der Waals surface area contributed by atoms with Gasteiger partial charge in [0.2, 0.25) is 0 Å². The van der Waals surface area contributed by atoms with Gasteiger partial charge in [-0.1, -0.05) is 6.58 Å². The van der Waals surface area contributed by atoms with Crippen LogP contribution in [0.15, 0.2) is 12.2 Å². The summed E-state index contributed by atoms with van der Waals surface area (Å²) in [5, 5.41) is 9.19. The molecule has 5 nitrogen and oxygen atoms in total. The molecular formula is C15H11F15O5. The van der Waals surface area contributed by atoms with Crippen molar-refractivity contribution in [2.45, 2.75) is 54.7 Å². The Labute approximate surface area is 183 Å². The Bertz CT molecular complexity index is 818. The van der Waals surface area contributed by atoms with E-state index in [0.717, 1.165) is 6.92 Å². The number of carbonyl (C=O) groups is 2. The fourth-order valence-electron chi connectivity index (χ4n) is 1.70. The average molecular weight is 556 g/mol. The maximum atomic E-state index is 13.5. The minimum Gasteiger partial charge on any atom is -0.459 e. The first-order valence-electron chi connectivity index (χ1n) is 8.16. The molecule has 35 heavy (non-hydrogen) atoms. The van der Waals surface area contributed by atoms with Crippen molar-refractivity contribution in [2.24, 2.45) is 0 Å². The summed E-state index contributed by atoms with van der Waals surface area (Å²) in [6.07, 6.45) is -10.1. The Kier molecular flexibility index (Phi) is 8.91.